The van der Waals surface area contributed by atoms with E-state index in [-0.39, 0.29) is 11.1 Å². The zero-order valence-corrected chi connectivity index (χ0v) is 24.8. The topological polar surface area (TPSA) is 61.6 Å². The largest absolute Gasteiger partial charge is 0.492 e. The lowest BCUT2D eigenvalue weighted by atomic mass is 10.1. The van der Waals surface area contributed by atoms with Gasteiger partial charge in [0.15, 0.2) is 8.32 Å². The third kappa shape index (κ3) is 6.92. The van der Waals surface area contributed by atoms with Crippen molar-refractivity contribution in [3.05, 3.63) is 41.7 Å². The first kappa shape index (κ1) is 28.0. The Labute approximate surface area is 227 Å². The first-order valence-electron chi connectivity index (χ1n) is 13.3. The van der Waals surface area contributed by atoms with Crippen molar-refractivity contribution in [2.75, 3.05) is 46.1 Å². The van der Waals surface area contributed by atoms with Crippen molar-refractivity contribution in [2.24, 2.45) is 0 Å². The highest BCUT2D eigenvalue weighted by Gasteiger charge is 2.37. The van der Waals surface area contributed by atoms with Gasteiger partial charge in [0, 0.05) is 49.5 Å². The molecule has 7 nitrogen and oxygen atoms in total. The van der Waals surface area contributed by atoms with Crippen molar-refractivity contribution < 1.29 is 13.9 Å². The Hall–Kier alpha value is -1.97. The van der Waals surface area contributed by atoms with Crippen molar-refractivity contribution in [1.82, 2.24) is 19.7 Å². The minimum atomic E-state index is -1.80. The van der Waals surface area contributed by atoms with Gasteiger partial charge in [-0.25, -0.2) is 4.98 Å². The Morgan fingerprint density at radius 3 is 2.62 bits per heavy atom. The van der Waals surface area contributed by atoms with E-state index in [4.69, 9.17) is 30.6 Å². The van der Waals surface area contributed by atoms with Crippen molar-refractivity contribution in [1.29, 1.82) is 0 Å². The van der Waals surface area contributed by atoms with E-state index < -0.39 is 8.32 Å². The molecule has 3 heterocycles. The lowest BCUT2D eigenvalue weighted by molar-refractivity contribution is 0.0322. The van der Waals surface area contributed by atoms with Crippen LogP contribution in [-0.2, 0) is 9.16 Å². The van der Waals surface area contributed by atoms with Crippen LogP contribution in [0.4, 0.5) is 0 Å². The number of pyridine rings is 1. The normalized spacial score (nSPS) is 16.3. The van der Waals surface area contributed by atoms with E-state index in [1.807, 2.05) is 24.4 Å². The van der Waals surface area contributed by atoms with Crippen molar-refractivity contribution in [2.45, 2.75) is 58.3 Å². The molecule has 0 N–H and O–H groups in total. The van der Waals surface area contributed by atoms with Crippen LogP contribution in [0.5, 0.6) is 5.75 Å². The summed E-state index contributed by atoms with van der Waals surface area (Å²) in [6.45, 7) is 19.3. The second kappa shape index (κ2) is 11.8. The van der Waals surface area contributed by atoms with E-state index in [0.717, 1.165) is 67.2 Å². The highest BCUT2D eigenvalue weighted by molar-refractivity contribution is 6.74. The summed E-state index contributed by atoms with van der Waals surface area (Å²) in [6, 6.07) is 10.2. The average molecular weight is 545 g/mol. The molecule has 0 amide bonds. The van der Waals surface area contributed by atoms with E-state index >= 15 is 0 Å². The summed E-state index contributed by atoms with van der Waals surface area (Å²) in [5.74, 6) is 0.839. The lowest BCUT2D eigenvalue weighted by Crippen LogP contribution is -2.41. The Morgan fingerprint density at radius 1 is 1.14 bits per heavy atom. The van der Waals surface area contributed by atoms with Crippen molar-refractivity contribution >= 4 is 30.8 Å². The zero-order chi connectivity index (χ0) is 26.6. The van der Waals surface area contributed by atoms with Gasteiger partial charge in [-0.1, -0.05) is 44.5 Å². The molecule has 202 valence electrons. The van der Waals surface area contributed by atoms with Crippen molar-refractivity contribution in [3.63, 3.8) is 0 Å². The van der Waals surface area contributed by atoms with E-state index in [2.05, 4.69) is 67.5 Å². The number of halogens is 1. The maximum Gasteiger partial charge on any atom is 0.191 e. The third-order valence-electron chi connectivity index (χ3n) is 7.67. The van der Waals surface area contributed by atoms with Crippen LogP contribution in [0.1, 0.15) is 40.2 Å². The first-order chi connectivity index (χ1) is 17.5. The van der Waals surface area contributed by atoms with Crippen LogP contribution < -0.4 is 4.74 Å². The molecule has 0 saturated carbocycles. The second-order valence-corrected chi connectivity index (χ2v) is 16.6. The number of hydrogen-bond acceptors (Lipinski definition) is 6. The van der Waals surface area contributed by atoms with Gasteiger partial charge in [0.1, 0.15) is 23.2 Å². The summed E-state index contributed by atoms with van der Waals surface area (Å²) in [5, 5.41) is 6.69. The summed E-state index contributed by atoms with van der Waals surface area (Å²) in [4.78, 5) is 6.73. The number of ether oxygens (including phenoxy) is 2. The zero-order valence-electron chi connectivity index (χ0n) is 23.1. The van der Waals surface area contributed by atoms with Gasteiger partial charge in [-0.15, -0.1) is 0 Å². The van der Waals surface area contributed by atoms with Crippen LogP contribution in [0.2, 0.25) is 23.3 Å². The van der Waals surface area contributed by atoms with Gasteiger partial charge >= 0.3 is 0 Å². The molecule has 1 aromatic carbocycles. The summed E-state index contributed by atoms with van der Waals surface area (Å²) in [7, 11) is -1.80. The number of morpholine rings is 1. The molecular weight excluding hydrogens is 504 g/mol. The fraction of sp³-hybridized carbons (Fsp3) is 0.571. The average Bonchev–Trinajstić information content (AvgIpc) is 3.23. The highest BCUT2D eigenvalue weighted by Crippen LogP contribution is 2.37. The molecule has 0 bridgehead atoms. The molecule has 1 aliphatic rings. The molecule has 37 heavy (non-hydrogen) atoms. The maximum absolute atomic E-state index is 6.44. The van der Waals surface area contributed by atoms with E-state index in [0.29, 0.717) is 18.4 Å². The molecule has 0 aliphatic carbocycles. The first-order valence-corrected chi connectivity index (χ1v) is 16.5. The smallest absolute Gasteiger partial charge is 0.191 e. The van der Waals surface area contributed by atoms with Gasteiger partial charge in [0.2, 0.25) is 0 Å². The van der Waals surface area contributed by atoms with E-state index in [1.54, 1.807) is 0 Å². The lowest BCUT2D eigenvalue weighted by Gasteiger charge is -2.36. The number of fused-ring (bicyclic) bond motifs is 1. The predicted molar refractivity (Wildman–Crippen MR) is 153 cm³/mol. The Bertz CT molecular complexity index is 1190. The molecule has 3 aromatic rings. The van der Waals surface area contributed by atoms with Crippen LogP contribution >= 0.6 is 11.6 Å². The van der Waals surface area contributed by atoms with Gasteiger partial charge in [-0.05, 0) is 43.6 Å². The van der Waals surface area contributed by atoms with Crippen LogP contribution in [0.25, 0.3) is 22.2 Å². The van der Waals surface area contributed by atoms with Gasteiger partial charge in [-0.2, -0.15) is 5.10 Å². The predicted octanol–water partition coefficient (Wildman–Crippen LogP) is 6.44. The van der Waals surface area contributed by atoms with Gasteiger partial charge in [0.05, 0.1) is 24.8 Å². The molecule has 9 heteroatoms. The van der Waals surface area contributed by atoms with Gasteiger partial charge < -0.3 is 13.9 Å². The monoisotopic (exact) mass is 544 g/mol. The molecule has 0 unspecified atom stereocenters. The highest BCUT2D eigenvalue weighted by atomic mass is 35.5. The fourth-order valence-electron chi connectivity index (χ4n) is 4.23. The third-order valence-corrected chi connectivity index (χ3v) is 12.4. The molecule has 1 atom stereocenters. The number of nitrogens with zero attached hydrogens (tertiary/aromatic N) is 4. The maximum atomic E-state index is 6.44. The summed E-state index contributed by atoms with van der Waals surface area (Å²) < 4.78 is 20.0. The number of benzene rings is 1. The summed E-state index contributed by atoms with van der Waals surface area (Å²) in [5.41, 5.74) is 2.87. The van der Waals surface area contributed by atoms with Gasteiger partial charge in [-0.3, -0.25) is 9.58 Å². The van der Waals surface area contributed by atoms with Crippen LogP contribution in [-0.4, -0.2) is 74.0 Å². The minimum Gasteiger partial charge on any atom is -0.492 e. The Kier molecular flexibility index (Phi) is 8.96. The van der Waals surface area contributed by atoms with Crippen LogP contribution in [0, 0.1) is 0 Å². The molecule has 0 spiro atoms. The molecular formula is C28H41ClN4O3Si. The molecule has 2 aromatic heterocycles. The molecule has 1 fully saturated rings. The van der Waals surface area contributed by atoms with E-state index in [1.165, 1.54) is 0 Å². The number of rotatable bonds is 10. The molecule has 1 saturated heterocycles. The van der Waals surface area contributed by atoms with Crippen molar-refractivity contribution in [3.8, 4) is 17.0 Å². The Balaban J connectivity index is 1.50. The molecule has 4 rings (SSSR count). The second-order valence-electron chi connectivity index (χ2n) is 11.4. The molecule has 0 radical (unpaired) electrons. The standard InChI is InChI=1S/C28H41ClN4O3Si/c1-21(10-14-36-37(5,6)28(2,3)4)33-25-19-26(29)30-20-24(25)27(31-33)22-8-7-9-23(18-22)35-17-13-32-11-15-34-16-12-32/h7-9,18-21H,10-17H2,1-6H3/t21-/m0/s1. The number of hydrogen-bond donors (Lipinski definition) is 0. The Morgan fingerprint density at radius 2 is 1.89 bits per heavy atom. The van der Waals surface area contributed by atoms with Gasteiger partial charge in [0.25, 0.3) is 0 Å². The minimum absolute atomic E-state index is 0.146. The van der Waals surface area contributed by atoms with E-state index in [9.17, 15) is 0 Å². The van der Waals surface area contributed by atoms with Crippen LogP contribution in [0.15, 0.2) is 36.5 Å². The summed E-state index contributed by atoms with van der Waals surface area (Å²) >= 11 is 6.31. The SMILES string of the molecule is C[C@@H](CCO[Si](C)(C)C(C)(C)C)n1nc(-c2cccc(OCCN3CCOCC3)c2)c2cnc(Cl)cc21. The van der Waals surface area contributed by atoms with Crippen LogP contribution in [0.3, 0.4) is 0 Å². The molecule has 1 aliphatic heterocycles. The number of aromatic nitrogens is 3. The quantitative estimate of drug-likeness (QED) is 0.216. The fourth-order valence-corrected chi connectivity index (χ4v) is 5.44. The summed E-state index contributed by atoms with van der Waals surface area (Å²) in [6.07, 6.45) is 2.69.